The lowest BCUT2D eigenvalue weighted by Crippen LogP contribution is -2.04. The fourth-order valence-electron chi connectivity index (χ4n) is 3.22. The highest BCUT2D eigenvalue weighted by molar-refractivity contribution is 5.89. The van der Waals surface area contributed by atoms with E-state index in [1.807, 2.05) is 23.6 Å². The normalized spacial score (nSPS) is 11.0. The number of aromatic nitrogens is 1. The van der Waals surface area contributed by atoms with E-state index in [-0.39, 0.29) is 18.4 Å². The zero-order valence-electron chi connectivity index (χ0n) is 14.3. The predicted molar refractivity (Wildman–Crippen MR) is 94.3 cm³/mol. The molecule has 0 radical (unpaired) electrons. The summed E-state index contributed by atoms with van der Waals surface area (Å²) < 4.78 is 20.5. The fourth-order valence-corrected chi connectivity index (χ4v) is 3.22. The molecule has 0 fully saturated rings. The van der Waals surface area contributed by atoms with Crippen LogP contribution in [0.25, 0.3) is 10.9 Å². The molecule has 0 aliphatic carbocycles. The van der Waals surface area contributed by atoms with Gasteiger partial charge >= 0.3 is 5.97 Å². The van der Waals surface area contributed by atoms with E-state index in [1.165, 1.54) is 19.2 Å². The molecule has 0 unspecified atom stereocenters. The summed E-state index contributed by atoms with van der Waals surface area (Å²) in [6, 6.07) is 11.9. The van der Waals surface area contributed by atoms with Gasteiger partial charge < -0.3 is 14.4 Å². The maximum atomic E-state index is 13.8. The Kier molecular flexibility index (Phi) is 4.86. The molecule has 0 aliphatic rings. The van der Waals surface area contributed by atoms with Crippen LogP contribution in [-0.4, -0.2) is 29.4 Å². The highest BCUT2D eigenvalue weighted by atomic mass is 19.1. The van der Waals surface area contributed by atoms with Crippen molar-refractivity contribution >= 4 is 16.9 Å². The Morgan fingerprint density at radius 2 is 1.92 bits per heavy atom. The molecule has 3 aromatic rings. The molecule has 0 bridgehead atoms. The highest BCUT2D eigenvalue weighted by Gasteiger charge is 2.15. The molecule has 0 spiro atoms. The number of ether oxygens (including phenoxy) is 1. The fraction of sp³-hybridized carbons (Fsp3) is 0.250. The second-order valence-corrected chi connectivity index (χ2v) is 5.97. The van der Waals surface area contributed by atoms with Crippen molar-refractivity contribution in [3.8, 4) is 0 Å². The summed E-state index contributed by atoms with van der Waals surface area (Å²) in [5.41, 5.74) is 4.45. The molecular formula is C20H20FNO3. The lowest BCUT2D eigenvalue weighted by molar-refractivity contribution is 0.0600. The van der Waals surface area contributed by atoms with Crippen molar-refractivity contribution in [3.63, 3.8) is 0 Å². The first-order chi connectivity index (χ1) is 12.0. The third-order valence-electron chi connectivity index (χ3n) is 4.50. The van der Waals surface area contributed by atoms with Gasteiger partial charge in [-0.1, -0.05) is 12.1 Å². The largest absolute Gasteiger partial charge is 0.465 e. The van der Waals surface area contributed by atoms with Crippen LogP contribution in [0, 0.1) is 12.7 Å². The molecule has 0 saturated carbocycles. The van der Waals surface area contributed by atoms with Crippen molar-refractivity contribution in [2.24, 2.45) is 0 Å². The van der Waals surface area contributed by atoms with Gasteiger partial charge in [0.15, 0.2) is 0 Å². The summed E-state index contributed by atoms with van der Waals surface area (Å²) in [5, 5.41) is 10.2. The van der Waals surface area contributed by atoms with Crippen LogP contribution in [0.3, 0.4) is 0 Å². The van der Waals surface area contributed by atoms with Crippen molar-refractivity contribution in [1.82, 2.24) is 4.57 Å². The lowest BCUT2D eigenvalue weighted by Gasteiger charge is -2.07. The molecule has 2 aromatic carbocycles. The summed E-state index contributed by atoms with van der Waals surface area (Å²) in [6.07, 6.45) is 0.617. The molecule has 1 N–H and O–H groups in total. The smallest absolute Gasteiger partial charge is 0.337 e. The third-order valence-corrected chi connectivity index (χ3v) is 4.50. The number of rotatable bonds is 5. The van der Waals surface area contributed by atoms with E-state index in [0.717, 1.165) is 27.7 Å². The number of halogens is 1. The van der Waals surface area contributed by atoms with Crippen molar-refractivity contribution in [2.45, 2.75) is 19.9 Å². The van der Waals surface area contributed by atoms with Crippen LogP contribution in [0.1, 0.15) is 27.2 Å². The van der Waals surface area contributed by atoms with E-state index in [2.05, 4.69) is 0 Å². The SMILES string of the molecule is COC(=O)c1ccc(Cc2c(C)n(CCO)c3ccc(F)cc23)cc1. The number of carbonyl (C=O) groups excluding carboxylic acids is 1. The van der Waals surface area contributed by atoms with E-state index in [1.54, 1.807) is 18.2 Å². The van der Waals surface area contributed by atoms with E-state index in [9.17, 15) is 14.3 Å². The van der Waals surface area contributed by atoms with Gasteiger partial charge in [-0.2, -0.15) is 0 Å². The monoisotopic (exact) mass is 341 g/mol. The number of fused-ring (bicyclic) bond motifs is 1. The molecule has 0 atom stereocenters. The molecule has 5 heteroatoms. The second-order valence-electron chi connectivity index (χ2n) is 5.97. The van der Waals surface area contributed by atoms with E-state index in [0.29, 0.717) is 18.5 Å². The quantitative estimate of drug-likeness (QED) is 0.723. The molecule has 0 aliphatic heterocycles. The number of hydrogen-bond acceptors (Lipinski definition) is 3. The van der Waals surface area contributed by atoms with Crippen molar-refractivity contribution in [2.75, 3.05) is 13.7 Å². The van der Waals surface area contributed by atoms with Crippen LogP contribution in [0.15, 0.2) is 42.5 Å². The van der Waals surface area contributed by atoms with Crippen LogP contribution in [-0.2, 0) is 17.7 Å². The van der Waals surface area contributed by atoms with Crippen molar-refractivity contribution < 1.29 is 19.0 Å². The molecule has 0 amide bonds. The average Bonchev–Trinajstić information content (AvgIpc) is 2.87. The Morgan fingerprint density at radius 3 is 2.56 bits per heavy atom. The Hall–Kier alpha value is -2.66. The summed E-state index contributed by atoms with van der Waals surface area (Å²) >= 11 is 0. The first-order valence-electron chi connectivity index (χ1n) is 8.10. The molecule has 3 rings (SSSR count). The van der Waals surface area contributed by atoms with Gasteiger partial charge in [0.2, 0.25) is 0 Å². The number of aliphatic hydroxyl groups is 1. The van der Waals surface area contributed by atoms with Gasteiger partial charge in [0.05, 0.1) is 19.3 Å². The van der Waals surface area contributed by atoms with Gasteiger partial charge in [-0.15, -0.1) is 0 Å². The maximum absolute atomic E-state index is 13.8. The minimum Gasteiger partial charge on any atom is -0.465 e. The number of nitrogens with zero attached hydrogens (tertiary/aromatic N) is 1. The van der Waals surface area contributed by atoms with Crippen LogP contribution < -0.4 is 0 Å². The third kappa shape index (κ3) is 3.28. The Labute approximate surface area is 145 Å². The summed E-state index contributed by atoms with van der Waals surface area (Å²) in [7, 11) is 1.35. The Balaban J connectivity index is 2.02. The van der Waals surface area contributed by atoms with E-state index in [4.69, 9.17) is 4.74 Å². The topological polar surface area (TPSA) is 51.5 Å². The standard InChI is InChI=1S/C20H20FNO3/c1-13-17(11-14-3-5-15(6-4-14)20(24)25-2)18-12-16(21)7-8-19(18)22(13)9-10-23/h3-8,12,23H,9-11H2,1-2H3. The van der Waals surface area contributed by atoms with Gasteiger partial charge in [-0.3, -0.25) is 0 Å². The van der Waals surface area contributed by atoms with Crippen LogP contribution in [0.5, 0.6) is 0 Å². The molecule has 4 nitrogen and oxygen atoms in total. The minimum absolute atomic E-state index is 0.0231. The summed E-state index contributed by atoms with van der Waals surface area (Å²) in [6.45, 7) is 2.47. The molecular weight excluding hydrogens is 321 g/mol. The first kappa shape index (κ1) is 17.2. The number of carbonyl (C=O) groups is 1. The molecule has 25 heavy (non-hydrogen) atoms. The van der Waals surface area contributed by atoms with E-state index >= 15 is 0 Å². The number of aliphatic hydroxyl groups excluding tert-OH is 1. The number of esters is 1. The number of benzene rings is 2. The van der Waals surface area contributed by atoms with Crippen molar-refractivity contribution in [1.29, 1.82) is 0 Å². The zero-order chi connectivity index (χ0) is 18.0. The summed E-state index contributed by atoms with van der Waals surface area (Å²) in [5.74, 6) is -0.653. The maximum Gasteiger partial charge on any atom is 0.337 e. The van der Waals surface area contributed by atoms with Crippen LogP contribution in [0.4, 0.5) is 4.39 Å². The van der Waals surface area contributed by atoms with Crippen molar-refractivity contribution in [3.05, 3.63) is 70.7 Å². The van der Waals surface area contributed by atoms with Crippen LogP contribution in [0.2, 0.25) is 0 Å². The Morgan fingerprint density at radius 1 is 1.20 bits per heavy atom. The Bertz CT molecular complexity index is 913. The molecule has 1 aromatic heterocycles. The van der Waals surface area contributed by atoms with E-state index < -0.39 is 0 Å². The van der Waals surface area contributed by atoms with Gasteiger partial charge in [0, 0.05) is 23.1 Å². The van der Waals surface area contributed by atoms with Gasteiger partial charge in [0.25, 0.3) is 0 Å². The minimum atomic E-state index is -0.371. The summed E-state index contributed by atoms with van der Waals surface area (Å²) in [4.78, 5) is 11.5. The second kappa shape index (κ2) is 7.07. The van der Waals surface area contributed by atoms with Gasteiger partial charge in [-0.05, 0) is 54.8 Å². The molecule has 0 saturated heterocycles. The highest BCUT2D eigenvalue weighted by Crippen LogP contribution is 2.29. The lowest BCUT2D eigenvalue weighted by atomic mass is 10.0. The number of methoxy groups -OCH3 is 1. The number of hydrogen-bond donors (Lipinski definition) is 1. The first-order valence-corrected chi connectivity index (χ1v) is 8.10. The molecule has 130 valence electrons. The van der Waals surface area contributed by atoms with Gasteiger partial charge in [0.1, 0.15) is 5.82 Å². The van der Waals surface area contributed by atoms with Gasteiger partial charge in [-0.25, -0.2) is 9.18 Å². The average molecular weight is 341 g/mol. The zero-order valence-corrected chi connectivity index (χ0v) is 14.3. The molecule has 1 heterocycles. The van der Waals surface area contributed by atoms with Crippen LogP contribution >= 0.6 is 0 Å². The predicted octanol–water partition coefficient (Wildman–Crippen LogP) is 3.46.